The third-order valence-electron chi connectivity index (χ3n) is 2.73. The van der Waals surface area contributed by atoms with Crippen LogP contribution >= 0.6 is 0 Å². The van der Waals surface area contributed by atoms with Crippen LogP contribution in [0.5, 0.6) is 0 Å². The van der Waals surface area contributed by atoms with Crippen molar-refractivity contribution < 1.29 is 4.92 Å². The van der Waals surface area contributed by atoms with E-state index in [4.69, 9.17) is 0 Å². The Morgan fingerprint density at radius 2 is 1.88 bits per heavy atom. The highest BCUT2D eigenvalue weighted by atomic mass is 16.6. The smallest absolute Gasteiger partial charge is 0.271 e. The number of nitrogens with zero attached hydrogens (tertiary/aromatic N) is 4. The first kappa shape index (κ1) is 10.1. The van der Waals surface area contributed by atoms with Crippen LogP contribution in [-0.2, 0) is 0 Å². The summed E-state index contributed by atoms with van der Waals surface area (Å²) >= 11 is 0. The number of guanidine groups is 1. The minimum absolute atomic E-state index is 0.0854. The van der Waals surface area contributed by atoms with E-state index < -0.39 is 4.92 Å². The molecular formula is C11H12N4O2. The van der Waals surface area contributed by atoms with Gasteiger partial charge in [-0.2, -0.15) is 0 Å². The van der Waals surface area contributed by atoms with Crippen molar-refractivity contribution in [2.24, 2.45) is 4.99 Å². The summed E-state index contributed by atoms with van der Waals surface area (Å²) < 4.78 is 0. The first-order valence-electron chi connectivity index (χ1n) is 5.57. The molecule has 6 nitrogen and oxygen atoms in total. The van der Waals surface area contributed by atoms with Gasteiger partial charge >= 0.3 is 0 Å². The number of non-ortho nitro benzene ring substituents is 1. The third-order valence-corrected chi connectivity index (χ3v) is 2.73. The number of hydrogen-bond donors (Lipinski definition) is 0. The van der Waals surface area contributed by atoms with E-state index in [-0.39, 0.29) is 5.69 Å². The molecule has 0 N–H and O–H groups in total. The average Bonchev–Trinajstić information content (AvgIpc) is 3.16. The summed E-state index contributed by atoms with van der Waals surface area (Å²) in [6.45, 7) is 4.13. The molecule has 0 bridgehead atoms. The second-order valence-corrected chi connectivity index (χ2v) is 4.16. The minimum Gasteiger partial charge on any atom is -0.339 e. The molecule has 1 aromatic rings. The van der Waals surface area contributed by atoms with Gasteiger partial charge in [0.1, 0.15) is 0 Å². The lowest BCUT2D eigenvalue weighted by molar-refractivity contribution is -0.384. The van der Waals surface area contributed by atoms with Crippen LogP contribution < -0.4 is 0 Å². The van der Waals surface area contributed by atoms with E-state index in [2.05, 4.69) is 14.8 Å². The van der Waals surface area contributed by atoms with E-state index >= 15 is 0 Å². The van der Waals surface area contributed by atoms with Crippen LogP contribution in [0.1, 0.15) is 0 Å². The molecule has 0 aromatic heterocycles. The predicted octanol–water partition coefficient (Wildman–Crippen LogP) is 1.21. The van der Waals surface area contributed by atoms with Gasteiger partial charge < -0.3 is 9.80 Å². The monoisotopic (exact) mass is 232 g/mol. The van der Waals surface area contributed by atoms with Crippen LogP contribution in [0, 0.1) is 10.1 Å². The number of benzene rings is 1. The van der Waals surface area contributed by atoms with E-state index in [1.165, 1.54) is 12.1 Å². The van der Waals surface area contributed by atoms with Gasteiger partial charge in [0.2, 0.25) is 5.96 Å². The molecule has 2 fully saturated rings. The largest absolute Gasteiger partial charge is 0.339 e. The van der Waals surface area contributed by atoms with Crippen molar-refractivity contribution in [3.8, 4) is 0 Å². The van der Waals surface area contributed by atoms with Crippen molar-refractivity contribution in [3.63, 3.8) is 0 Å². The molecule has 17 heavy (non-hydrogen) atoms. The van der Waals surface area contributed by atoms with Gasteiger partial charge in [0, 0.05) is 38.3 Å². The van der Waals surface area contributed by atoms with Crippen molar-refractivity contribution in [1.82, 2.24) is 9.80 Å². The van der Waals surface area contributed by atoms with Crippen LogP contribution in [0.3, 0.4) is 0 Å². The van der Waals surface area contributed by atoms with Crippen molar-refractivity contribution in [2.45, 2.75) is 0 Å². The SMILES string of the molecule is O=[N+]([O-])c1cccc(N=C(N2CC2)N2CC2)c1. The van der Waals surface area contributed by atoms with Crippen LogP contribution in [0.4, 0.5) is 11.4 Å². The lowest BCUT2D eigenvalue weighted by atomic mass is 10.3. The number of nitro benzene ring substituents is 1. The van der Waals surface area contributed by atoms with E-state index in [0.29, 0.717) is 5.69 Å². The zero-order valence-electron chi connectivity index (χ0n) is 9.24. The maximum absolute atomic E-state index is 10.7. The summed E-state index contributed by atoms with van der Waals surface area (Å²) in [5.41, 5.74) is 0.732. The van der Waals surface area contributed by atoms with Crippen LogP contribution in [0.25, 0.3) is 0 Å². The number of rotatable bonds is 2. The van der Waals surface area contributed by atoms with Crippen LogP contribution in [-0.4, -0.2) is 46.9 Å². The van der Waals surface area contributed by atoms with Crippen molar-refractivity contribution in [1.29, 1.82) is 0 Å². The van der Waals surface area contributed by atoms with Gasteiger partial charge in [-0.05, 0) is 6.07 Å². The van der Waals surface area contributed by atoms with Crippen molar-refractivity contribution >= 4 is 17.3 Å². The normalized spacial score (nSPS) is 16.7. The summed E-state index contributed by atoms with van der Waals surface area (Å²) in [4.78, 5) is 19.1. The molecule has 88 valence electrons. The van der Waals surface area contributed by atoms with Gasteiger partial charge in [0.25, 0.3) is 5.69 Å². The molecule has 2 aliphatic rings. The topological polar surface area (TPSA) is 61.5 Å². The fourth-order valence-electron chi connectivity index (χ4n) is 1.63. The average molecular weight is 232 g/mol. The molecule has 0 unspecified atom stereocenters. The standard InChI is InChI=1S/C11H12N4O2/c16-15(17)10-3-1-2-9(8-10)12-11(13-4-5-13)14-6-7-14/h1-3,8H,4-7H2. The maximum Gasteiger partial charge on any atom is 0.271 e. The third kappa shape index (κ3) is 2.20. The molecule has 0 spiro atoms. The van der Waals surface area contributed by atoms with Crippen molar-refractivity contribution in [3.05, 3.63) is 34.4 Å². The second kappa shape index (κ2) is 3.73. The molecule has 0 atom stereocenters. The highest BCUT2D eigenvalue weighted by molar-refractivity contribution is 5.86. The number of aliphatic imine (C=N–C) groups is 1. The molecule has 2 saturated heterocycles. The quantitative estimate of drug-likeness (QED) is 0.253. The van der Waals surface area contributed by atoms with Crippen LogP contribution in [0.2, 0.25) is 0 Å². The molecule has 2 heterocycles. The maximum atomic E-state index is 10.7. The second-order valence-electron chi connectivity index (χ2n) is 4.16. The van der Waals surface area contributed by atoms with Gasteiger partial charge in [-0.3, -0.25) is 10.1 Å². The summed E-state index contributed by atoms with van der Waals surface area (Å²) in [6.07, 6.45) is 0. The lowest BCUT2D eigenvalue weighted by Gasteiger charge is -2.08. The van der Waals surface area contributed by atoms with E-state index in [9.17, 15) is 10.1 Å². The Morgan fingerprint density at radius 3 is 2.41 bits per heavy atom. The Kier molecular flexibility index (Phi) is 2.21. The Labute approximate surface area is 98.3 Å². The Balaban J connectivity index is 1.89. The molecular weight excluding hydrogens is 220 g/mol. The van der Waals surface area contributed by atoms with E-state index in [0.717, 1.165) is 32.1 Å². The number of hydrogen-bond acceptors (Lipinski definition) is 3. The summed E-state index contributed by atoms with van der Waals surface area (Å²) in [7, 11) is 0. The molecule has 0 amide bonds. The van der Waals surface area contributed by atoms with E-state index in [1.54, 1.807) is 12.1 Å². The van der Waals surface area contributed by atoms with E-state index in [1.807, 2.05) is 0 Å². The fourth-order valence-corrected chi connectivity index (χ4v) is 1.63. The molecule has 0 aliphatic carbocycles. The first-order chi connectivity index (χ1) is 8.24. The highest BCUT2D eigenvalue weighted by Crippen LogP contribution is 2.23. The zero-order valence-corrected chi connectivity index (χ0v) is 9.24. The summed E-state index contributed by atoms with van der Waals surface area (Å²) in [5, 5.41) is 10.7. The Morgan fingerprint density at radius 1 is 1.24 bits per heavy atom. The van der Waals surface area contributed by atoms with Gasteiger partial charge in [0.05, 0.1) is 10.6 Å². The van der Waals surface area contributed by atoms with Crippen molar-refractivity contribution in [2.75, 3.05) is 26.2 Å². The highest BCUT2D eigenvalue weighted by Gasteiger charge is 2.32. The number of nitro groups is 1. The van der Waals surface area contributed by atoms with Gasteiger partial charge in [-0.15, -0.1) is 0 Å². The molecule has 2 aliphatic heterocycles. The molecule has 3 rings (SSSR count). The minimum atomic E-state index is -0.395. The molecule has 0 saturated carbocycles. The molecule has 1 aromatic carbocycles. The van der Waals surface area contributed by atoms with Crippen LogP contribution in [0.15, 0.2) is 29.3 Å². The lowest BCUT2D eigenvalue weighted by Crippen LogP contribution is -2.20. The van der Waals surface area contributed by atoms with Gasteiger partial charge in [0.15, 0.2) is 0 Å². The molecule has 0 radical (unpaired) electrons. The molecule has 6 heteroatoms. The fraction of sp³-hybridized carbons (Fsp3) is 0.364. The van der Waals surface area contributed by atoms with Gasteiger partial charge in [-0.1, -0.05) is 6.07 Å². The predicted molar refractivity (Wildman–Crippen MR) is 63.3 cm³/mol. The zero-order chi connectivity index (χ0) is 11.8. The summed E-state index contributed by atoms with van der Waals surface area (Å²) in [6, 6.07) is 6.44. The Hall–Kier alpha value is -2.11. The summed E-state index contributed by atoms with van der Waals surface area (Å²) in [5.74, 6) is 0.950. The first-order valence-corrected chi connectivity index (χ1v) is 5.57. The van der Waals surface area contributed by atoms with Gasteiger partial charge in [-0.25, -0.2) is 4.99 Å². The Bertz CT molecular complexity index is 478.